The van der Waals surface area contributed by atoms with Gasteiger partial charge in [-0.15, -0.1) is 0 Å². The van der Waals surface area contributed by atoms with Crippen LogP contribution in [0.4, 0.5) is 5.95 Å². The van der Waals surface area contributed by atoms with Crippen molar-refractivity contribution in [1.29, 1.82) is 0 Å². The van der Waals surface area contributed by atoms with Crippen molar-refractivity contribution in [2.24, 2.45) is 0 Å². The lowest BCUT2D eigenvalue weighted by atomic mass is 9.96. The number of aryl methyl sites for hydroxylation is 1. The van der Waals surface area contributed by atoms with E-state index in [9.17, 15) is 14.7 Å². The first kappa shape index (κ1) is 22.3. The van der Waals surface area contributed by atoms with E-state index in [2.05, 4.69) is 15.0 Å². The van der Waals surface area contributed by atoms with Crippen LogP contribution in [0.2, 0.25) is 0 Å². The molecule has 2 N–H and O–H groups in total. The molecule has 1 fully saturated rings. The topological polar surface area (TPSA) is 108 Å². The lowest BCUT2D eigenvalue weighted by Gasteiger charge is -2.22. The molecule has 5 rings (SSSR count). The number of hydrogen-bond acceptors (Lipinski definition) is 6. The van der Waals surface area contributed by atoms with E-state index in [1.54, 1.807) is 48.8 Å². The molecule has 2 aromatic heterocycles. The molecule has 35 heavy (non-hydrogen) atoms. The van der Waals surface area contributed by atoms with Gasteiger partial charge in [-0.1, -0.05) is 31.2 Å². The highest BCUT2D eigenvalue weighted by Crippen LogP contribution is 2.41. The van der Waals surface area contributed by atoms with Crippen LogP contribution in [0.1, 0.15) is 36.1 Å². The average molecular weight is 469 g/mol. The van der Waals surface area contributed by atoms with E-state index in [1.165, 1.54) is 4.90 Å². The Morgan fingerprint density at radius 3 is 2.77 bits per heavy atom. The van der Waals surface area contributed by atoms with E-state index >= 15 is 0 Å². The zero-order chi connectivity index (χ0) is 24.5. The van der Waals surface area contributed by atoms with Crippen molar-refractivity contribution < 1.29 is 19.4 Å². The number of ketones is 1. The number of carbonyl (C=O) groups excluding carboxylic acids is 2. The number of nitrogens with one attached hydrogen (secondary N) is 1. The van der Waals surface area contributed by atoms with Crippen LogP contribution in [0, 0.1) is 6.92 Å². The summed E-state index contributed by atoms with van der Waals surface area (Å²) in [6.07, 6.45) is 4.01. The highest BCUT2D eigenvalue weighted by molar-refractivity contribution is 6.51. The third kappa shape index (κ3) is 4.03. The Morgan fingerprint density at radius 1 is 1.14 bits per heavy atom. The van der Waals surface area contributed by atoms with E-state index in [0.29, 0.717) is 29.0 Å². The number of imidazole rings is 1. The lowest BCUT2D eigenvalue weighted by Crippen LogP contribution is -2.30. The Morgan fingerprint density at radius 2 is 2.00 bits per heavy atom. The van der Waals surface area contributed by atoms with Crippen LogP contribution in [-0.4, -0.2) is 38.4 Å². The molecule has 0 aliphatic carbocycles. The molecule has 1 aliphatic rings. The van der Waals surface area contributed by atoms with E-state index in [-0.39, 0.29) is 17.3 Å². The van der Waals surface area contributed by atoms with E-state index in [0.717, 1.165) is 17.5 Å². The number of anilines is 1. The van der Waals surface area contributed by atoms with Gasteiger partial charge in [0.1, 0.15) is 11.5 Å². The van der Waals surface area contributed by atoms with Crippen LogP contribution < -0.4 is 9.64 Å². The van der Waals surface area contributed by atoms with Gasteiger partial charge in [0.15, 0.2) is 0 Å². The Kier molecular flexibility index (Phi) is 5.78. The van der Waals surface area contributed by atoms with Crippen LogP contribution >= 0.6 is 0 Å². The minimum Gasteiger partial charge on any atom is -0.507 e. The summed E-state index contributed by atoms with van der Waals surface area (Å²) < 4.78 is 5.68. The fraction of sp³-hybridized carbons (Fsp3) is 0.185. The first-order valence-corrected chi connectivity index (χ1v) is 11.4. The maximum atomic E-state index is 13.3. The fourth-order valence-corrected chi connectivity index (χ4v) is 4.24. The van der Waals surface area contributed by atoms with Crippen molar-refractivity contribution in [3.8, 4) is 5.75 Å². The van der Waals surface area contributed by atoms with Crippen molar-refractivity contribution in [1.82, 2.24) is 15.0 Å². The second kappa shape index (κ2) is 9.06. The van der Waals surface area contributed by atoms with E-state index < -0.39 is 17.7 Å². The maximum Gasteiger partial charge on any atom is 0.302 e. The van der Waals surface area contributed by atoms with Gasteiger partial charge < -0.3 is 14.8 Å². The summed E-state index contributed by atoms with van der Waals surface area (Å²) in [5, 5.41) is 11.3. The predicted molar refractivity (Wildman–Crippen MR) is 132 cm³/mol. The van der Waals surface area contributed by atoms with Gasteiger partial charge in [-0.25, -0.2) is 4.98 Å². The van der Waals surface area contributed by atoms with Crippen molar-refractivity contribution in [3.63, 3.8) is 0 Å². The number of aromatic amines is 1. The van der Waals surface area contributed by atoms with Gasteiger partial charge in [-0.05, 0) is 54.8 Å². The smallest absolute Gasteiger partial charge is 0.302 e. The second-order valence-electron chi connectivity index (χ2n) is 8.41. The number of amides is 1. The first-order valence-electron chi connectivity index (χ1n) is 11.4. The molecule has 8 heteroatoms. The summed E-state index contributed by atoms with van der Waals surface area (Å²) in [6, 6.07) is 15.1. The number of aromatic nitrogens is 3. The van der Waals surface area contributed by atoms with Crippen molar-refractivity contribution in [2.75, 3.05) is 11.5 Å². The SMILES string of the molecule is CCCOc1cccc(/C(O)=C2\C(=O)C(=O)N(c3nc4ccc(C)cc4[nH]3)C2c2cccnc2)c1. The molecule has 8 nitrogen and oxygen atoms in total. The van der Waals surface area contributed by atoms with Crippen LogP contribution in [0.5, 0.6) is 5.75 Å². The molecule has 1 amide bonds. The summed E-state index contributed by atoms with van der Waals surface area (Å²) in [4.78, 5) is 39.8. The summed E-state index contributed by atoms with van der Waals surface area (Å²) in [5.74, 6) is -1.08. The Bertz CT molecular complexity index is 1460. The number of Topliss-reactive ketones (excluding diaryl/α,β-unsaturated/α-hetero) is 1. The number of ether oxygens (including phenoxy) is 1. The van der Waals surface area contributed by atoms with Gasteiger partial charge in [-0.3, -0.25) is 19.5 Å². The lowest BCUT2D eigenvalue weighted by molar-refractivity contribution is -0.132. The third-order valence-corrected chi connectivity index (χ3v) is 5.88. The van der Waals surface area contributed by atoms with E-state index in [4.69, 9.17) is 4.74 Å². The van der Waals surface area contributed by atoms with Gasteiger partial charge in [0.25, 0.3) is 5.78 Å². The molecule has 1 unspecified atom stereocenters. The molecule has 0 spiro atoms. The largest absolute Gasteiger partial charge is 0.507 e. The van der Waals surface area contributed by atoms with E-state index in [1.807, 2.05) is 32.0 Å². The number of aliphatic hydroxyl groups excluding tert-OH is 1. The fourth-order valence-electron chi connectivity index (χ4n) is 4.24. The van der Waals surface area contributed by atoms with Gasteiger partial charge in [0.2, 0.25) is 5.95 Å². The molecule has 4 aromatic rings. The van der Waals surface area contributed by atoms with Crippen molar-refractivity contribution >= 4 is 34.4 Å². The molecule has 1 atom stereocenters. The van der Waals surface area contributed by atoms with Crippen molar-refractivity contribution in [3.05, 3.63) is 89.3 Å². The number of H-pyrrole nitrogens is 1. The first-order chi connectivity index (χ1) is 17.0. The molecule has 0 radical (unpaired) electrons. The number of fused-ring (bicyclic) bond motifs is 1. The standard InChI is InChI=1S/C27H24N4O4/c1-3-12-35-19-8-4-6-17(14-19)24(32)22-23(18-7-5-11-28-15-18)31(26(34)25(22)33)27-29-20-10-9-16(2)13-21(20)30-27/h4-11,13-15,23,32H,3,12H2,1-2H3,(H,29,30)/b24-22+. The molecule has 0 saturated carbocycles. The molecular weight excluding hydrogens is 444 g/mol. The van der Waals surface area contributed by atoms with Crippen LogP contribution in [0.15, 0.2) is 72.6 Å². The summed E-state index contributed by atoms with van der Waals surface area (Å²) >= 11 is 0. The maximum absolute atomic E-state index is 13.3. The zero-order valence-corrected chi connectivity index (χ0v) is 19.4. The normalized spacial score (nSPS) is 17.3. The van der Waals surface area contributed by atoms with Gasteiger partial charge in [0, 0.05) is 18.0 Å². The minimum atomic E-state index is -0.912. The molecule has 2 aromatic carbocycles. The van der Waals surface area contributed by atoms with Crippen LogP contribution in [-0.2, 0) is 9.59 Å². The third-order valence-electron chi connectivity index (χ3n) is 5.88. The van der Waals surface area contributed by atoms with Gasteiger partial charge in [0.05, 0.1) is 29.3 Å². The number of rotatable bonds is 6. The molecule has 3 heterocycles. The number of benzene rings is 2. The minimum absolute atomic E-state index is 0.0349. The predicted octanol–water partition coefficient (Wildman–Crippen LogP) is 4.68. The zero-order valence-electron chi connectivity index (χ0n) is 19.4. The number of aliphatic hydroxyl groups is 1. The Balaban J connectivity index is 1.67. The van der Waals surface area contributed by atoms with Gasteiger partial charge >= 0.3 is 5.91 Å². The second-order valence-corrected chi connectivity index (χ2v) is 8.41. The average Bonchev–Trinajstić information content (AvgIpc) is 3.40. The number of hydrogen-bond donors (Lipinski definition) is 2. The van der Waals surface area contributed by atoms with Crippen LogP contribution in [0.25, 0.3) is 16.8 Å². The highest BCUT2D eigenvalue weighted by atomic mass is 16.5. The van der Waals surface area contributed by atoms with Gasteiger partial charge in [-0.2, -0.15) is 0 Å². The number of nitrogens with zero attached hydrogens (tertiary/aromatic N) is 3. The summed E-state index contributed by atoms with van der Waals surface area (Å²) in [6.45, 7) is 4.48. The molecule has 1 aliphatic heterocycles. The monoisotopic (exact) mass is 468 g/mol. The van der Waals surface area contributed by atoms with Crippen LogP contribution in [0.3, 0.4) is 0 Å². The van der Waals surface area contributed by atoms with Crippen molar-refractivity contribution in [2.45, 2.75) is 26.3 Å². The Hall–Kier alpha value is -4.46. The number of carbonyl (C=O) groups is 2. The molecule has 0 bridgehead atoms. The molecule has 176 valence electrons. The Labute approximate surface area is 201 Å². The number of pyridine rings is 1. The molecular formula is C27H24N4O4. The summed E-state index contributed by atoms with van der Waals surface area (Å²) in [5.41, 5.74) is 3.36. The summed E-state index contributed by atoms with van der Waals surface area (Å²) in [7, 11) is 0. The molecule has 1 saturated heterocycles. The highest BCUT2D eigenvalue weighted by Gasteiger charge is 2.48. The quantitative estimate of drug-likeness (QED) is 0.242.